The molecule has 1 fully saturated rings. The van der Waals surface area contributed by atoms with Gasteiger partial charge in [0.1, 0.15) is 12.4 Å². The first kappa shape index (κ1) is 13.6. The van der Waals surface area contributed by atoms with Crippen LogP contribution in [0.2, 0.25) is 0 Å². The van der Waals surface area contributed by atoms with Crippen molar-refractivity contribution in [1.82, 2.24) is 9.97 Å². The standard InChI is InChI=1S/C13H20N4O2/c1-9(13(2,3)4)15-11-14-6-5-10(16-11)17-7-8-19-12(17)18/h5-6,9H,7-8H2,1-4H3,(H,14,15,16)/t9-/m0/s1. The molecule has 0 saturated carbocycles. The Labute approximate surface area is 113 Å². The maximum absolute atomic E-state index is 11.5. The largest absolute Gasteiger partial charge is 0.447 e. The minimum absolute atomic E-state index is 0.103. The van der Waals surface area contributed by atoms with Crippen LogP contribution in [-0.4, -0.2) is 35.3 Å². The van der Waals surface area contributed by atoms with Gasteiger partial charge in [-0.2, -0.15) is 4.98 Å². The lowest BCUT2D eigenvalue weighted by molar-refractivity contribution is 0.181. The van der Waals surface area contributed by atoms with Crippen molar-refractivity contribution in [3.63, 3.8) is 0 Å². The van der Waals surface area contributed by atoms with E-state index in [-0.39, 0.29) is 17.6 Å². The summed E-state index contributed by atoms with van der Waals surface area (Å²) in [6, 6.07) is 1.92. The number of carbonyl (C=O) groups excluding carboxylic acids is 1. The molecule has 0 aromatic carbocycles. The highest BCUT2D eigenvalue weighted by molar-refractivity contribution is 5.88. The first-order valence-electron chi connectivity index (χ1n) is 6.42. The summed E-state index contributed by atoms with van der Waals surface area (Å²) in [5, 5.41) is 3.26. The molecule has 1 amide bonds. The maximum Gasteiger partial charge on any atom is 0.415 e. The summed E-state index contributed by atoms with van der Waals surface area (Å²) in [4.78, 5) is 21.5. The van der Waals surface area contributed by atoms with Gasteiger partial charge in [0.15, 0.2) is 0 Å². The van der Waals surface area contributed by atoms with Crippen LogP contribution in [0, 0.1) is 5.41 Å². The molecule has 104 valence electrons. The summed E-state index contributed by atoms with van der Waals surface area (Å²) < 4.78 is 4.90. The predicted molar refractivity (Wildman–Crippen MR) is 73.3 cm³/mol. The van der Waals surface area contributed by atoms with Gasteiger partial charge in [-0.25, -0.2) is 9.78 Å². The lowest BCUT2D eigenvalue weighted by Crippen LogP contribution is -2.32. The molecule has 0 aliphatic carbocycles. The van der Waals surface area contributed by atoms with Gasteiger partial charge in [0.05, 0.1) is 6.54 Å². The molecule has 2 heterocycles. The highest BCUT2D eigenvalue weighted by Gasteiger charge is 2.25. The van der Waals surface area contributed by atoms with Crippen molar-refractivity contribution in [1.29, 1.82) is 0 Å². The van der Waals surface area contributed by atoms with Gasteiger partial charge >= 0.3 is 6.09 Å². The monoisotopic (exact) mass is 264 g/mol. The quantitative estimate of drug-likeness (QED) is 0.907. The predicted octanol–water partition coefficient (Wildman–Crippen LogP) is 2.28. The molecule has 6 nitrogen and oxygen atoms in total. The van der Waals surface area contributed by atoms with E-state index in [1.165, 1.54) is 4.90 Å². The molecule has 1 N–H and O–H groups in total. The highest BCUT2D eigenvalue weighted by atomic mass is 16.6. The number of anilines is 2. The Morgan fingerprint density at radius 3 is 2.79 bits per heavy atom. The molecule has 1 aliphatic heterocycles. The summed E-state index contributed by atoms with van der Waals surface area (Å²) >= 11 is 0. The number of nitrogens with zero attached hydrogens (tertiary/aromatic N) is 3. The lowest BCUT2D eigenvalue weighted by Gasteiger charge is -2.28. The summed E-state index contributed by atoms with van der Waals surface area (Å²) in [5.74, 6) is 1.10. The van der Waals surface area contributed by atoms with E-state index in [1.54, 1.807) is 12.3 Å². The Hall–Kier alpha value is -1.85. The van der Waals surface area contributed by atoms with Gasteiger partial charge in [-0.3, -0.25) is 4.90 Å². The second-order valence-corrected chi connectivity index (χ2v) is 5.74. The van der Waals surface area contributed by atoms with Crippen LogP contribution in [0.25, 0.3) is 0 Å². The van der Waals surface area contributed by atoms with E-state index in [1.807, 2.05) is 0 Å². The number of ether oxygens (including phenoxy) is 1. The fourth-order valence-electron chi connectivity index (χ4n) is 1.58. The van der Waals surface area contributed by atoms with Crippen molar-refractivity contribution in [3.8, 4) is 0 Å². The average molecular weight is 264 g/mol. The van der Waals surface area contributed by atoms with E-state index in [2.05, 4.69) is 43.0 Å². The van der Waals surface area contributed by atoms with Crippen LogP contribution in [0.1, 0.15) is 27.7 Å². The first-order valence-corrected chi connectivity index (χ1v) is 6.42. The molecular formula is C13H20N4O2. The minimum atomic E-state index is -0.353. The Kier molecular flexibility index (Phi) is 3.59. The average Bonchev–Trinajstić information content (AvgIpc) is 2.74. The molecule has 6 heteroatoms. The van der Waals surface area contributed by atoms with Crippen LogP contribution in [0.4, 0.5) is 16.6 Å². The number of hydrogen-bond donors (Lipinski definition) is 1. The zero-order chi connectivity index (χ0) is 14.0. The molecule has 1 aromatic heterocycles. The van der Waals surface area contributed by atoms with Crippen molar-refractivity contribution >= 4 is 17.9 Å². The van der Waals surface area contributed by atoms with Gasteiger partial charge in [0.2, 0.25) is 5.95 Å². The molecule has 19 heavy (non-hydrogen) atoms. The van der Waals surface area contributed by atoms with Gasteiger partial charge in [-0.1, -0.05) is 20.8 Å². The topological polar surface area (TPSA) is 67.3 Å². The second-order valence-electron chi connectivity index (χ2n) is 5.74. The summed E-state index contributed by atoms with van der Waals surface area (Å²) in [6.07, 6.45) is 1.29. The van der Waals surface area contributed by atoms with Crippen LogP contribution >= 0.6 is 0 Å². The van der Waals surface area contributed by atoms with E-state index in [9.17, 15) is 4.79 Å². The molecule has 0 bridgehead atoms. The summed E-state index contributed by atoms with van der Waals surface area (Å²) in [5.41, 5.74) is 0.103. The third-order valence-corrected chi connectivity index (χ3v) is 3.32. The van der Waals surface area contributed by atoms with Gasteiger partial charge in [0, 0.05) is 12.2 Å². The number of aromatic nitrogens is 2. The Bertz CT molecular complexity index is 470. The number of cyclic esters (lactones) is 1. The molecule has 1 atom stereocenters. The van der Waals surface area contributed by atoms with Crippen molar-refractivity contribution in [2.75, 3.05) is 23.4 Å². The van der Waals surface area contributed by atoms with Crippen LogP contribution in [0.15, 0.2) is 12.3 Å². The minimum Gasteiger partial charge on any atom is -0.447 e. The number of hydrogen-bond acceptors (Lipinski definition) is 5. The van der Waals surface area contributed by atoms with E-state index in [4.69, 9.17) is 4.74 Å². The second kappa shape index (κ2) is 5.03. The zero-order valence-corrected chi connectivity index (χ0v) is 11.8. The zero-order valence-electron chi connectivity index (χ0n) is 11.8. The molecule has 0 unspecified atom stereocenters. The van der Waals surface area contributed by atoms with E-state index in [0.717, 1.165) is 0 Å². The normalized spacial score (nSPS) is 17.3. The Morgan fingerprint density at radius 1 is 1.47 bits per heavy atom. The van der Waals surface area contributed by atoms with Gasteiger partial charge in [-0.15, -0.1) is 0 Å². The summed E-state index contributed by atoms with van der Waals surface area (Å²) in [6.45, 7) is 9.46. The number of carbonyl (C=O) groups is 1. The van der Waals surface area contributed by atoms with Gasteiger partial charge in [-0.05, 0) is 18.4 Å². The van der Waals surface area contributed by atoms with Crippen molar-refractivity contribution in [2.45, 2.75) is 33.7 Å². The highest BCUT2D eigenvalue weighted by Crippen LogP contribution is 2.22. The van der Waals surface area contributed by atoms with E-state index < -0.39 is 0 Å². The summed E-state index contributed by atoms with van der Waals surface area (Å²) in [7, 11) is 0. The van der Waals surface area contributed by atoms with E-state index in [0.29, 0.717) is 24.9 Å². The Morgan fingerprint density at radius 2 is 2.21 bits per heavy atom. The van der Waals surface area contributed by atoms with Crippen LogP contribution in [0.3, 0.4) is 0 Å². The lowest BCUT2D eigenvalue weighted by atomic mass is 9.88. The van der Waals surface area contributed by atoms with Crippen LogP contribution in [-0.2, 0) is 4.74 Å². The van der Waals surface area contributed by atoms with Crippen molar-refractivity contribution in [2.24, 2.45) is 5.41 Å². The molecular weight excluding hydrogens is 244 g/mol. The number of rotatable bonds is 3. The van der Waals surface area contributed by atoms with Crippen molar-refractivity contribution < 1.29 is 9.53 Å². The molecule has 1 aromatic rings. The smallest absolute Gasteiger partial charge is 0.415 e. The molecule has 2 rings (SSSR count). The maximum atomic E-state index is 11.5. The fourth-order valence-corrected chi connectivity index (χ4v) is 1.58. The molecule has 1 saturated heterocycles. The SMILES string of the molecule is C[C@H](Nc1nccc(N2CCOC2=O)n1)C(C)(C)C. The Balaban J connectivity index is 2.13. The van der Waals surface area contributed by atoms with Crippen LogP contribution in [0.5, 0.6) is 0 Å². The fraction of sp³-hybridized carbons (Fsp3) is 0.615. The molecule has 1 aliphatic rings. The number of nitrogens with one attached hydrogen (secondary N) is 1. The van der Waals surface area contributed by atoms with E-state index >= 15 is 0 Å². The number of amides is 1. The molecule has 0 spiro atoms. The first-order chi connectivity index (χ1) is 8.88. The third kappa shape index (κ3) is 3.13. The van der Waals surface area contributed by atoms with Gasteiger partial charge < -0.3 is 10.1 Å². The van der Waals surface area contributed by atoms with Crippen LogP contribution < -0.4 is 10.2 Å². The van der Waals surface area contributed by atoms with Gasteiger partial charge in [0.25, 0.3) is 0 Å². The molecule has 0 radical (unpaired) electrons. The third-order valence-electron chi connectivity index (χ3n) is 3.32. The van der Waals surface area contributed by atoms with Crippen molar-refractivity contribution in [3.05, 3.63) is 12.3 Å².